The standard InChI is InChI=1S/C18H18N6O/c25-17(13-2-4-14(5-3-13)24-11-9-21-22-24)23-10-6-15-16(20-12-19-15)18(23)7-1-8-18/h2-5,9,11-12H,1,6-8,10H2,(H,19,20). The van der Waals surface area contributed by atoms with E-state index in [0.717, 1.165) is 43.6 Å². The number of hydrogen-bond acceptors (Lipinski definition) is 4. The second-order valence-electron chi connectivity index (χ2n) is 6.72. The number of rotatable bonds is 2. The Hall–Kier alpha value is -2.96. The molecule has 0 unspecified atom stereocenters. The van der Waals surface area contributed by atoms with E-state index in [0.29, 0.717) is 5.56 Å². The second-order valence-corrected chi connectivity index (χ2v) is 6.72. The van der Waals surface area contributed by atoms with E-state index in [1.165, 1.54) is 5.69 Å². The highest BCUT2D eigenvalue weighted by Gasteiger charge is 2.51. The van der Waals surface area contributed by atoms with Crippen LogP contribution in [0.25, 0.3) is 5.69 Å². The van der Waals surface area contributed by atoms with Crippen LogP contribution >= 0.6 is 0 Å². The number of H-pyrrole nitrogens is 1. The Morgan fingerprint density at radius 2 is 2.04 bits per heavy atom. The van der Waals surface area contributed by atoms with Crippen molar-refractivity contribution in [3.63, 3.8) is 0 Å². The van der Waals surface area contributed by atoms with Crippen LogP contribution in [0.1, 0.15) is 41.0 Å². The van der Waals surface area contributed by atoms with Crippen LogP contribution < -0.4 is 0 Å². The van der Waals surface area contributed by atoms with Crippen LogP contribution in [0.15, 0.2) is 43.0 Å². The van der Waals surface area contributed by atoms with E-state index in [1.54, 1.807) is 23.4 Å². The lowest BCUT2D eigenvalue weighted by Crippen LogP contribution is -2.57. The Bertz CT molecular complexity index is 907. The zero-order valence-electron chi connectivity index (χ0n) is 13.7. The quantitative estimate of drug-likeness (QED) is 0.778. The minimum Gasteiger partial charge on any atom is -0.348 e. The summed E-state index contributed by atoms with van der Waals surface area (Å²) in [6.45, 7) is 0.735. The summed E-state index contributed by atoms with van der Waals surface area (Å²) in [5.41, 5.74) is 3.63. The van der Waals surface area contributed by atoms with Crippen molar-refractivity contribution in [3.8, 4) is 5.69 Å². The number of nitrogens with one attached hydrogen (secondary N) is 1. The van der Waals surface area contributed by atoms with Gasteiger partial charge < -0.3 is 9.88 Å². The maximum absolute atomic E-state index is 13.2. The van der Waals surface area contributed by atoms with Crippen molar-refractivity contribution in [2.24, 2.45) is 0 Å². The lowest BCUT2D eigenvalue weighted by molar-refractivity contribution is 0.00456. The van der Waals surface area contributed by atoms with Crippen LogP contribution in [-0.4, -0.2) is 42.3 Å². The Labute approximate surface area is 144 Å². The summed E-state index contributed by atoms with van der Waals surface area (Å²) >= 11 is 0. The van der Waals surface area contributed by atoms with Crippen LogP contribution in [0.4, 0.5) is 0 Å². The molecule has 2 aliphatic rings. The molecule has 1 aromatic carbocycles. The van der Waals surface area contributed by atoms with Gasteiger partial charge in [0.1, 0.15) is 0 Å². The predicted octanol–water partition coefficient (Wildman–Crippen LogP) is 2.07. The number of amides is 1. The molecule has 0 bridgehead atoms. The molecule has 3 heterocycles. The van der Waals surface area contributed by atoms with Crippen LogP contribution in [0.5, 0.6) is 0 Å². The molecule has 126 valence electrons. The molecular formula is C18H18N6O. The van der Waals surface area contributed by atoms with E-state index in [1.807, 2.05) is 29.2 Å². The number of fused-ring (bicyclic) bond motifs is 2. The molecule has 0 saturated heterocycles. The average Bonchev–Trinajstić information content (AvgIpc) is 3.30. The van der Waals surface area contributed by atoms with Gasteiger partial charge >= 0.3 is 0 Å². The first kappa shape index (κ1) is 14.4. The van der Waals surface area contributed by atoms with Crippen molar-refractivity contribution >= 4 is 5.91 Å². The number of carbonyl (C=O) groups is 1. The van der Waals surface area contributed by atoms with Crippen molar-refractivity contribution in [3.05, 3.63) is 59.9 Å². The summed E-state index contributed by atoms with van der Waals surface area (Å²) in [6, 6.07) is 7.54. The smallest absolute Gasteiger partial charge is 0.254 e. The van der Waals surface area contributed by atoms with Gasteiger partial charge in [-0.05, 0) is 43.5 Å². The highest BCUT2D eigenvalue weighted by molar-refractivity contribution is 5.95. The first-order chi connectivity index (χ1) is 12.3. The van der Waals surface area contributed by atoms with E-state index in [-0.39, 0.29) is 11.4 Å². The topological polar surface area (TPSA) is 79.7 Å². The molecule has 1 aliphatic carbocycles. The molecule has 0 radical (unpaired) electrons. The van der Waals surface area contributed by atoms with Crippen LogP contribution in [0, 0.1) is 0 Å². The minimum absolute atomic E-state index is 0.0819. The first-order valence-corrected chi connectivity index (χ1v) is 8.59. The molecule has 5 rings (SSSR count). The van der Waals surface area contributed by atoms with Gasteiger partial charge in [-0.1, -0.05) is 5.21 Å². The SMILES string of the molecule is O=C(c1ccc(-n2ccnn2)cc1)N1CCc2[nH]cnc2C12CCC2. The molecule has 3 aromatic rings. The summed E-state index contributed by atoms with van der Waals surface area (Å²) in [6.07, 6.45) is 9.13. The third-order valence-corrected chi connectivity index (χ3v) is 5.49. The molecule has 2 aromatic heterocycles. The van der Waals surface area contributed by atoms with E-state index in [9.17, 15) is 4.79 Å². The third kappa shape index (κ3) is 2.05. The number of imidazole rings is 1. The van der Waals surface area contributed by atoms with Gasteiger partial charge in [-0.3, -0.25) is 4.79 Å². The number of nitrogens with zero attached hydrogens (tertiary/aromatic N) is 5. The van der Waals surface area contributed by atoms with Gasteiger partial charge in [-0.2, -0.15) is 0 Å². The van der Waals surface area contributed by atoms with E-state index in [2.05, 4.69) is 20.3 Å². The van der Waals surface area contributed by atoms with E-state index < -0.39 is 0 Å². The minimum atomic E-state index is -0.213. The van der Waals surface area contributed by atoms with Gasteiger partial charge in [0.15, 0.2) is 0 Å². The highest BCUT2D eigenvalue weighted by atomic mass is 16.2. The summed E-state index contributed by atoms with van der Waals surface area (Å²) in [5.74, 6) is 0.0819. The Morgan fingerprint density at radius 1 is 1.20 bits per heavy atom. The Kier molecular flexibility index (Phi) is 3.03. The average molecular weight is 334 g/mol. The number of hydrogen-bond donors (Lipinski definition) is 1. The van der Waals surface area contributed by atoms with Crippen LogP contribution in [0.2, 0.25) is 0 Å². The number of benzene rings is 1. The van der Waals surface area contributed by atoms with Crippen molar-refractivity contribution < 1.29 is 4.79 Å². The summed E-state index contributed by atoms with van der Waals surface area (Å²) in [4.78, 5) is 23.0. The number of aromatic nitrogens is 5. The van der Waals surface area contributed by atoms with Gasteiger partial charge in [0.2, 0.25) is 0 Å². The van der Waals surface area contributed by atoms with Gasteiger partial charge in [0.25, 0.3) is 5.91 Å². The Morgan fingerprint density at radius 3 is 2.72 bits per heavy atom. The summed E-state index contributed by atoms with van der Waals surface area (Å²) < 4.78 is 1.68. The van der Waals surface area contributed by atoms with Gasteiger partial charge in [-0.25, -0.2) is 9.67 Å². The van der Waals surface area contributed by atoms with Crippen LogP contribution in [-0.2, 0) is 12.0 Å². The number of carbonyl (C=O) groups excluding carboxylic acids is 1. The zero-order chi connectivity index (χ0) is 16.9. The molecule has 1 N–H and O–H groups in total. The lowest BCUT2D eigenvalue weighted by atomic mass is 9.70. The van der Waals surface area contributed by atoms with Crippen molar-refractivity contribution in [1.82, 2.24) is 29.9 Å². The van der Waals surface area contributed by atoms with Crippen LogP contribution in [0.3, 0.4) is 0 Å². The van der Waals surface area contributed by atoms with Gasteiger partial charge in [-0.15, -0.1) is 5.10 Å². The molecule has 7 heteroatoms. The molecule has 1 fully saturated rings. The van der Waals surface area contributed by atoms with Gasteiger partial charge in [0.05, 0.1) is 35.6 Å². The molecular weight excluding hydrogens is 316 g/mol. The zero-order valence-corrected chi connectivity index (χ0v) is 13.7. The van der Waals surface area contributed by atoms with E-state index in [4.69, 9.17) is 0 Å². The molecule has 1 aliphatic heterocycles. The van der Waals surface area contributed by atoms with Crippen molar-refractivity contribution in [2.75, 3.05) is 6.54 Å². The monoisotopic (exact) mass is 334 g/mol. The molecule has 7 nitrogen and oxygen atoms in total. The maximum atomic E-state index is 13.2. The lowest BCUT2D eigenvalue weighted by Gasteiger charge is -2.52. The molecule has 1 saturated carbocycles. The Balaban J connectivity index is 1.46. The molecule has 1 amide bonds. The molecule has 1 spiro atoms. The number of aromatic amines is 1. The maximum Gasteiger partial charge on any atom is 0.254 e. The van der Waals surface area contributed by atoms with Crippen molar-refractivity contribution in [2.45, 2.75) is 31.2 Å². The summed E-state index contributed by atoms with van der Waals surface area (Å²) in [7, 11) is 0. The molecule has 0 atom stereocenters. The fourth-order valence-electron chi connectivity index (χ4n) is 4.05. The normalized spacial score (nSPS) is 18.0. The highest BCUT2D eigenvalue weighted by Crippen LogP contribution is 2.49. The fourth-order valence-corrected chi connectivity index (χ4v) is 4.05. The van der Waals surface area contributed by atoms with E-state index >= 15 is 0 Å². The summed E-state index contributed by atoms with van der Waals surface area (Å²) in [5, 5.41) is 7.79. The third-order valence-electron chi connectivity index (χ3n) is 5.49. The first-order valence-electron chi connectivity index (χ1n) is 8.59. The fraction of sp³-hybridized carbons (Fsp3) is 0.333. The molecule has 25 heavy (non-hydrogen) atoms. The second kappa shape index (κ2) is 5.27. The predicted molar refractivity (Wildman–Crippen MR) is 90.2 cm³/mol. The van der Waals surface area contributed by atoms with Gasteiger partial charge in [0, 0.05) is 24.2 Å². The van der Waals surface area contributed by atoms with Crippen molar-refractivity contribution in [1.29, 1.82) is 0 Å². The largest absolute Gasteiger partial charge is 0.348 e.